The van der Waals surface area contributed by atoms with Crippen LogP contribution in [-0.2, 0) is 0 Å². The Balaban J connectivity index is 0.00000225. The summed E-state index contributed by atoms with van der Waals surface area (Å²) in [7, 11) is 0. The Kier molecular flexibility index (Phi) is 7.05. The highest BCUT2D eigenvalue weighted by Gasteiger charge is 2.21. The van der Waals surface area contributed by atoms with E-state index in [0.717, 1.165) is 19.5 Å². The van der Waals surface area contributed by atoms with Gasteiger partial charge in [-0.15, -0.1) is 12.4 Å². The number of rotatable bonds is 3. The van der Waals surface area contributed by atoms with E-state index in [1.807, 2.05) is 0 Å². The Bertz CT molecular complexity index is 718. The quantitative estimate of drug-likeness (QED) is 0.864. The van der Waals surface area contributed by atoms with Crippen LogP contribution in [0.15, 0.2) is 42.5 Å². The van der Waals surface area contributed by atoms with Gasteiger partial charge in [-0.3, -0.25) is 4.79 Å². The fourth-order valence-electron chi connectivity index (χ4n) is 2.61. The molecule has 0 aliphatic carbocycles. The molecule has 0 radical (unpaired) electrons. The van der Waals surface area contributed by atoms with Crippen molar-refractivity contribution in [1.29, 1.82) is 0 Å². The van der Waals surface area contributed by atoms with Crippen LogP contribution in [0.3, 0.4) is 0 Å². The Morgan fingerprint density at radius 2 is 1.88 bits per heavy atom. The van der Waals surface area contributed by atoms with Crippen LogP contribution in [0.25, 0.3) is 0 Å². The van der Waals surface area contributed by atoms with Crippen LogP contribution in [0.1, 0.15) is 16.8 Å². The summed E-state index contributed by atoms with van der Waals surface area (Å²) in [6, 6.07) is 10.6. The Labute approximate surface area is 157 Å². The first-order chi connectivity index (χ1) is 11.6. The van der Waals surface area contributed by atoms with Crippen molar-refractivity contribution in [1.82, 2.24) is 10.2 Å². The number of nitrogens with one attached hydrogen (secondary N) is 1. The average Bonchev–Trinajstić information content (AvgIpc) is 2.87. The number of hydrogen-bond donors (Lipinski definition) is 1. The number of benzene rings is 2. The Morgan fingerprint density at radius 3 is 2.64 bits per heavy atom. The van der Waals surface area contributed by atoms with E-state index in [-0.39, 0.29) is 24.1 Å². The van der Waals surface area contributed by atoms with Crippen LogP contribution in [0.4, 0.5) is 4.39 Å². The fraction of sp³-hybridized carbons (Fsp3) is 0.278. The van der Waals surface area contributed by atoms with E-state index in [2.05, 4.69) is 5.32 Å². The van der Waals surface area contributed by atoms with Gasteiger partial charge in [-0.1, -0.05) is 11.6 Å². The van der Waals surface area contributed by atoms with Crippen LogP contribution in [0.5, 0.6) is 11.5 Å². The van der Waals surface area contributed by atoms with Gasteiger partial charge in [0.05, 0.1) is 5.56 Å². The van der Waals surface area contributed by atoms with Gasteiger partial charge in [0, 0.05) is 24.7 Å². The molecular weight excluding hydrogens is 366 g/mol. The normalized spacial score (nSPS) is 14.4. The van der Waals surface area contributed by atoms with E-state index in [1.54, 1.807) is 23.1 Å². The highest BCUT2D eigenvalue weighted by atomic mass is 35.5. The van der Waals surface area contributed by atoms with E-state index in [1.165, 1.54) is 24.3 Å². The second-order valence-electron chi connectivity index (χ2n) is 5.59. The monoisotopic (exact) mass is 384 g/mol. The smallest absolute Gasteiger partial charge is 0.257 e. The summed E-state index contributed by atoms with van der Waals surface area (Å²) in [5, 5.41) is 3.74. The van der Waals surface area contributed by atoms with Crippen LogP contribution >= 0.6 is 24.0 Å². The van der Waals surface area contributed by atoms with E-state index >= 15 is 0 Å². The van der Waals surface area contributed by atoms with Gasteiger partial charge in [-0.2, -0.15) is 0 Å². The van der Waals surface area contributed by atoms with Crippen molar-refractivity contribution in [3.8, 4) is 11.5 Å². The maximum Gasteiger partial charge on any atom is 0.257 e. The number of hydrogen-bond acceptors (Lipinski definition) is 3. The molecule has 3 rings (SSSR count). The van der Waals surface area contributed by atoms with E-state index in [9.17, 15) is 9.18 Å². The molecule has 1 N–H and O–H groups in total. The summed E-state index contributed by atoms with van der Waals surface area (Å²) >= 11 is 6.07. The molecule has 0 bridgehead atoms. The Hall–Kier alpha value is -1.82. The zero-order valence-electron chi connectivity index (χ0n) is 13.5. The van der Waals surface area contributed by atoms with Gasteiger partial charge in [0.2, 0.25) is 0 Å². The van der Waals surface area contributed by atoms with Crippen molar-refractivity contribution < 1.29 is 13.9 Å². The molecule has 1 saturated heterocycles. The molecule has 1 heterocycles. The average molecular weight is 385 g/mol. The zero-order valence-corrected chi connectivity index (χ0v) is 15.1. The van der Waals surface area contributed by atoms with Gasteiger partial charge >= 0.3 is 0 Å². The van der Waals surface area contributed by atoms with E-state index < -0.39 is 0 Å². The van der Waals surface area contributed by atoms with Crippen molar-refractivity contribution in [2.75, 3.05) is 26.2 Å². The third-order valence-electron chi connectivity index (χ3n) is 3.84. The standard InChI is InChI=1S/C18H18ClFN2O2.ClH/c19-13-2-7-17(24-15-5-3-14(20)4-6-15)16(12-13)18(23)22-10-1-8-21-9-11-22;/h2-7,12,21H,1,8-11H2;1H. The molecular formula is C18H19Cl2FN2O2. The third-order valence-corrected chi connectivity index (χ3v) is 4.08. The lowest BCUT2D eigenvalue weighted by molar-refractivity contribution is 0.0764. The summed E-state index contributed by atoms with van der Waals surface area (Å²) in [5.74, 6) is 0.420. The minimum absolute atomic E-state index is 0. The summed E-state index contributed by atoms with van der Waals surface area (Å²) in [4.78, 5) is 14.7. The highest BCUT2D eigenvalue weighted by Crippen LogP contribution is 2.29. The predicted molar refractivity (Wildman–Crippen MR) is 98.6 cm³/mol. The van der Waals surface area contributed by atoms with Gasteiger partial charge in [0.15, 0.2) is 0 Å². The lowest BCUT2D eigenvalue weighted by atomic mass is 10.1. The lowest BCUT2D eigenvalue weighted by Gasteiger charge is -2.21. The van der Waals surface area contributed by atoms with Gasteiger partial charge in [-0.05, 0) is 55.4 Å². The number of nitrogens with zero attached hydrogens (tertiary/aromatic N) is 1. The SMILES string of the molecule is Cl.O=C(c1cc(Cl)ccc1Oc1ccc(F)cc1)N1CCCNCC1. The van der Waals surface area contributed by atoms with Crippen LogP contribution < -0.4 is 10.1 Å². The lowest BCUT2D eigenvalue weighted by Crippen LogP contribution is -2.34. The minimum atomic E-state index is -0.341. The van der Waals surface area contributed by atoms with E-state index in [4.69, 9.17) is 16.3 Å². The van der Waals surface area contributed by atoms with Crippen molar-refractivity contribution >= 4 is 29.9 Å². The molecule has 0 saturated carbocycles. The van der Waals surface area contributed by atoms with Gasteiger partial charge in [0.25, 0.3) is 5.91 Å². The largest absolute Gasteiger partial charge is 0.457 e. The number of ether oxygens (including phenoxy) is 1. The molecule has 25 heavy (non-hydrogen) atoms. The number of amides is 1. The molecule has 0 atom stereocenters. The first kappa shape index (κ1) is 19.5. The van der Waals surface area contributed by atoms with Gasteiger partial charge < -0.3 is 15.0 Å². The second-order valence-corrected chi connectivity index (χ2v) is 6.03. The molecule has 2 aromatic rings. The molecule has 7 heteroatoms. The first-order valence-corrected chi connectivity index (χ1v) is 8.24. The topological polar surface area (TPSA) is 41.6 Å². The minimum Gasteiger partial charge on any atom is -0.457 e. The van der Waals surface area contributed by atoms with Crippen molar-refractivity contribution in [3.05, 3.63) is 58.9 Å². The highest BCUT2D eigenvalue weighted by molar-refractivity contribution is 6.31. The maximum atomic E-state index is 13.0. The van der Waals surface area contributed by atoms with E-state index in [0.29, 0.717) is 35.2 Å². The molecule has 0 aromatic heterocycles. The van der Waals surface area contributed by atoms with Gasteiger partial charge in [0.1, 0.15) is 17.3 Å². The predicted octanol–water partition coefficient (Wildman–Crippen LogP) is 4.13. The molecule has 1 amide bonds. The molecule has 134 valence electrons. The number of carbonyl (C=O) groups excluding carboxylic acids is 1. The molecule has 0 unspecified atom stereocenters. The van der Waals surface area contributed by atoms with Crippen molar-refractivity contribution in [2.24, 2.45) is 0 Å². The zero-order chi connectivity index (χ0) is 16.9. The number of carbonyl (C=O) groups is 1. The molecule has 1 fully saturated rings. The number of halogens is 3. The summed E-state index contributed by atoms with van der Waals surface area (Å²) in [5.41, 5.74) is 0.411. The maximum absolute atomic E-state index is 13.0. The molecule has 0 spiro atoms. The molecule has 2 aromatic carbocycles. The Morgan fingerprint density at radius 1 is 1.12 bits per heavy atom. The summed E-state index contributed by atoms with van der Waals surface area (Å²) in [6.45, 7) is 2.99. The second kappa shape index (κ2) is 9.04. The molecule has 4 nitrogen and oxygen atoms in total. The molecule has 1 aliphatic heterocycles. The molecule has 1 aliphatic rings. The van der Waals surface area contributed by atoms with Crippen LogP contribution in [0.2, 0.25) is 5.02 Å². The van der Waals surface area contributed by atoms with Crippen LogP contribution in [0, 0.1) is 5.82 Å². The third kappa shape index (κ3) is 5.08. The summed E-state index contributed by atoms with van der Waals surface area (Å²) < 4.78 is 18.8. The summed E-state index contributed by atoms with van der Waals surface area (Å²) in [6.07, 6.45) is 0.903. The fourth-order valence-corrected chi connectivity index (χ4v) is 2.78. The van der Waals surface area contributed by atoms with Crippen LogP contribution in [-0.4, -0.2) is 37.0 Å². The first-order valence-electron chi connectivity index (χ1n) is 7.86. The van der Waals surface area contributed by atoms with Crippen molar-refractivity contribution in [2.45, 2.75) is 6.42 Å². The van der Waals surface area contributed by atoms with Crippen molar-refractivity contribution in [3.63, 3.8) is 0 Å². The van der Waals surface area contributed by atoms with Gasteiger partial charge in [-0.25, -0.2) is 4.39 Å².